The fraction of sp³-hybridized carbons (Fsp3) is 0.188. The molecule has 0 amide bonds. The number of allylic oxidation sites excluding steroid dienone is 6. The number of hydrogen-bond donors (Lipinski definition) is 0. The van der Waals surface area contributed by atoms with Crippen LogP contribution in [0.1, 0.15) is 45.2 Å². The van der Waals surface area contributed by atoms with Gasteiger partial charge < -0.3 is 8.98 Å². The fourth-order valence-electron chi connectivity index (χ4n) is 4.38. The van der Waals surface area contributed by atoms with E-state index in [1.807, 2.05) is 27.7 Å². The highest BCUT2D eigenvalue weighted by Gasteiger charge is 2.11. The molecular formula is C32H33NO. The lowest BCUT2D eigenvalue weighted by Gasteiger charge is -2.06. The van der Waals surface area contributed by atoms with Crippen LogP contribution in [-0.4, -0.2) is 4.57 Å². The van der Waals surface area contributed by atoms with Crippen LogP contribution in [0.5, 0.6) is 0 Å². The first kappa shape index (κ1) is 23.4. The fourth-order valence-corrected chi connectivity index (χ4v) is 4.38. The average molecular weight is 448 g/mol. The molecule has 0 radical (unpaired) electrons. The highest BCUT2D eigenvalue weighted by molar-refractivity contribution is 6.07. The first-order chi connectivity index (χ1) is 16.8. The van der Waals surface area contributed by atoms with Crippen LogP contribution in [0.4, 0.5) is 0 Å². The molecule has 6 rings (SSSR count). The largest absolute Gasteiger partial charge is 0.456 e. The van der Waals surface area contributed by atoms with Crippen molar-refractivity contribution >= 4 is 38.4 Å². The van der Waals surface area contributed by atoms with E-state index in [0.29, 0.717) is 0 Å². The van der Waals surface area contributed by atoms with Crippen molar-refractivity contribution in [3.8, 4) is 5.69 Å². The molecule has 0 unspecified atom stereocenters. The van der Waals surface area contributed by atoms with Gasteiger partial charge in [-0.2, -0.15) is 0 Å². The summed E-state index contributed by atoms with van der Waals surface area (Å²) in [4.78, 5) is 0. The molecule has 1 aliphatic carbocycles. The van der Waals surface area contributed by atoms with Gasteiger partial charge in [0, 0.05) is 28.0 Å². The molecule has 0 bridgehead atoms. The van der Waals surface area contributed by atoms with Crippen LogP contribution < -0.4 is 0 Å². The molecule has 0 N–H and O–H groups in total. The molecule has 0 saturated heterocycles. The molecule has 0 spiro atoms. The van der Waals surface area contributed by atoms with E-state index in [9.17, 15) is 0 Å². The van der Waals surface area contributed by atoms with E-state index in [1.165, 1.54) is 27.6 Å². The van der Waals surface area contributed by atoms with Gasteiger partial charge in [-0.25, -0.2) is 0 Å². The normalized spacial score (nSPS) is 12.7. The number of aromatic nitrogens is 1. The summed E-state index contributed by atoms with van der Waals surface area (Å²) in [6, 6.07) is 21.7. The zero-order valence-corrected chi connectivity index (χ0v) is 20.8. The number of hydrogen-bond acceptors (Lipinski definition) is 1. The highest BCUT2D eigenvalue weighted by Crippen LogP contribution is 2.34. The van der Waals surface area contributed by atoms with E-state index in [1.54, 1.807) is 0 Å². The standard InChI is InChI=1S/C28H21NO.2C2H6/c1-19-8-11-26-22(16-19)14-15-29(26)23-10-13-28-25(18-23)24-17-21(9-12-27(24)30-28)20-6-4-2-3-5-7-20;2*1-2/h2-4,6-18H,5H2,1H3;2*1-2H3. The molecule has 5 aromatic rings. The van der Waals surface area contributed by atoms with Gasteiger partial charge in [-0.15, -0.1) is 0 Å². The molecule has 2 heterocycles. The summed E-state index contributed by atoms with van der Waals surface area (Å²) in [5, 5.41) is 3.56. The molecule has 172 valence electrons. The van der Waals surface area contributed by atoms with Crippen LogP contribution in [0, 0.1) is 6.92 Å². The molecule has 0 atom stereocenters. The van der Waals surface area contributed by atoms with E-state index in [-0.39, 0.29) is 0 Å². The molecule has 0 fully saturated rings. The second kappa shape index (κ2) is 10.4. The molecule has 2 nitrogen and oxygen atoms in total. The predicted octanol–water partition coefficient (Wildman–Crippen LogP) is 9.79. The maximum atomic E-state index is 6.14. The van der Waals surface area contributed by atoms with Gasteiger partial charge in [0.2, 0.25) is 0 Å². The lowest BCUT2D eigenvalue weighted by molar-refractivity contribution is 0.669. The lowest BCUT2D eigenvalue weighted by atomic mass is 10.0. The third-order valence-corrected chi connectivity index (χ3v) is 5.91. The van der Waals surface area contributed by atoms with Crippen molar-refractivity contribution in [3.63, 3.8) is 0 Å². The Morgan fingerprint density at radius 3 is 2.35 bits per heavy atom. The Balaban J connectivity index is 0.000000652. The average Bonchev–Trinajstić information content (AvgIpc) is 3.35. The Labute approximate surface area is 202 Å². The Hall–Kier alpha value is -3.78. The molecular weight excluding hydrogens is 414 g/mol. The monoisotopic (exact) mass is 447 g/mol. The molecule has 2 aromatic heterocycles. The van der Waals surface area contributed by atoms with Gasteiger partial charge in [0.25, 0.3) is 0 Å². The van der Waals surface area contributed by atoms with Gasteiger partial charge >= 0.3 is 0 Å². The highest BCUT2D eigenvalue weighted by atomic mass is 16.3. The molecule has 0 aliphatic heterocycles. The smallest absolute Gasteiger partial charge is 0.135 e. The van der Waals surface area contributed by atoms with Crippen molar-refractivity contribution in [2.45, 2.75) is 41.0 Å². The predicted molar refractivity (Wildman–Crippen MR) is 149 cm³/mol. The number of benzene rings is 3. The SMILES string of the molecule is CC.CC.Cc1ccc2c(ccn2-c2ccc3oc4ccc(C5=CCC=CC=C5)cc4c3c2)c1. The van der Waals surface area contributed by atoms with Crippen LogP contribution in [0.2, 0.25) is 0 Å². The van der Waals surface area contributed by atoms with Crippen LogP contribution in [0.15, 0.2) is 102 Å². The molecule has 2 heteroatoms. The van der Waals surface area contributed by atoms with Crippen molar-refractivity contribution in [3.05, 3.63) is 108 Å². The summed E-state index contributed by atoms with van der Waals surface area (Å²) in [6.45, 7) is 10.1. The van der Waals surface area contributed by atoms with Crippen molar-refractivity contribution in [1.82, 2.24) is 4.57 Å². The molecule has 34 heavy (non-hydrogen) atoms. The van der Waals surface area contributed by atoms with Crippen LogP contribution in [0.3, 0.4) is 0 Å². The number of furan rings is 1. The van der Waals surface area contributed by atoms with Gasteiger partial charge in [0.1, 0.15) is 11.2 Å². The van der Waals surface area contributed by atoms with Crippen LogP contribution >= 0.6 is 0 Å². The maximum Gasteiger partial charge on any atom is 0.135 e. The second-order valence-corrected chi connectivity index (χ2v) is 7.92. The summed E-state index contributed by atoms with van der Waals surface area (Å²) in [7, 11) is 0. The maximum absolute atomic E-state index is 6.14. The van der Waals surface area contributed by atoms with Crippen LogP contribution in [0.25, 0.3) is 44.1 Å². The third-order valence-electron chi connectivity index (χ3n) is 5.91. The van der Waals surface area contributed by atoms with Crippen molar-refractivity contribution in [2.24, 2.45) is 0 Å². The minimum Gasteiger partial charge on any atom is -0.456 e. The molecule has 3 aromatic carbocycles. The summed E-state index contributed by atoms with van der Waals surface area (Å²) in [5.74, 6) is 0. The van der Waals surface area contributed by atoms with E-state index in [0.717, 1.165) is 34.0 Å². The Bertz CT molecular complexity index is 1520. The van der Waals surface area contributed by atoms with E-state index >= 15 is 0 Å². The van der Waals surface area contributed by atoms with Gasteiger partial charge in [0.05, 0.1) is 5.52 Å². The van der Waals surface area contributed by atoms with E-state index in [2.05, 4.69) is 109 Å². The quantitative estimate of drug-likeness (QED) is 0.263. The van der Waals surface area contributed by atoms with Crippen molar-refractivity contribution in [1.29, 1.82) is 0 Å². The van der Waals surface area contributed by atoms with Crippen molar-refractivity contribution in [2.75, 3.05) is 0 Å². The summed E-state index contributed by atoms with van der Waals surface area (Å²) >= 11 is 0. The number of rotatable bonds is 2. The van der Waals surface area contributed by atoms with Crippen molar-refractivity contribution < 1.29 is 4.42 Å². The number of fused-ring (bicyclic) bond motifs is 4. The topological polar surface area (TPSA) is 18.1 Å². The van der Waals surface area contributed by atoms with Gasteiger partial charge in [0.15, 0.2) is 0 Å². The minimum atomic E-state index is 0.922. The number of aryl methyl sites for hydroxylation is 1. The first-order valence-electron chi connectivity index (χ1n) is 12.3. The Morgan fingerprint density at radius 2 is 1.53 bits per heavy atom. The van der Waals surface area contributed by atoms with E-state index < -0.39 is 0 Å². The third kappa shape index (κ3) is 4.36. The van der Waals surface area contributed by atoms with Gasteiger partial charge in [-0.05, 0) is 73.0 Å². The zero-order chi connectivity index (χ0) is 24.1. The molecule has 1 aliphatic rings. The summed E-state index contributed by atoms with van der Waals surface area (Å²) in [5.41, 5.74) is 7.96. The zero-order valence-electron chi connectivity index (χ0n) is 20.8. The molecule has 0 saturated carbocycles. The van der Waals surface area contributed by atoms with Crippen LogP contribution in [-0.2, 0) is 0 Å². The Kier molecular flexibility index (Phi) is 7.18. The summed E-state index contributed by atoms with van der Waals surface area (Å²) < 4.78 is 8.39. The minimum absolute atomic E-state index is 0.922. The number of nitrogens with zero attached hydrogens (tertiary/aromatic N) is 1. The van der Waals surface area contributed by atoms with Gasteiger partial charge in [-0.3, -0.25) is 0 Å². The van der Waals surface area contributed by atoms with Gasteiger partial charge in [-0.1, -0.05) is 75.8 Å². The first-order valence-corrected chi connectivity index (χ1v) is 12.3. The lowest BCUT2D eigenvalue weighted by Crippen LogP contribution is -1.91. The second-order valence-electron chi connectivity index (χ2n) is 7.92. The Morgan fingerprint density at radius 1 is 0.765 bits per heavy atom. The van der Waals surface area contributed by atoms with E-state index in [4.69, 9.17) is 4.42 Å². The summed E-state index contributed by atoms with van der Waals surface area (Å²) in [6.07, 6.45) is 13.9.